The number of hydrogen-bond acceptors (Lipinski definition) is 20. The standard InChI is InChI=1S/C33H40O20/c1-10-19(38)22(41)25(44)31(47-10)52-29-17(9-35)51-33(27(46)24(29)43)53-30-21(40)18-14(37)6-13(48-32-26(45)23(42)20(39)16(8-34)50-32)7-15(18)49-28(30)11-2-4-12(36)5-3-11/h2-7,10,16-17,19-20,22-27,29,31-39,41-46H,8-9H2,1H3/t10-,16-,17-,19+,20-,22-,23-,24-,25-,26-,27-,29-,31+,32-,33+/m1/s1. The van der Waals surface area contributed by atoms with E-state index in [1.165, 1.54) is 31.2 Å². The minimum absolute atomic E-state index is 0.112. The summed E-state index contributed by atoms with van der Waals surface area (Å²) in [6, 6.07) is 7.20. The monoisotopic (exact) mass is 756 g/mol. The third-order valence-electron chi connectivity index (χ3n) is 9.29. The lowest BCUT2D eigenvalue weighted by molar-refractivity contribution is -0.349. The van der Waals surface area contributed by atoms with Crippen molar-refractivity contribution in [3.8, 4) is 34.3 Å². The summed E-state index contributed by atoms with van der Waals surface area (Å²) in [4.78, 5) is 14.0. The lowest BCUT2D eigenvalue weighted by Gasteiger charge is -2.45. The fourth-order valence-electron chi connectivity index (χ4n) is 6.25. The van der Waals surface area contributed by atoms with Gasteiger partial charge in [-0.2, -0.15) is 0 Å². The van der Waals surface area contributed by atoms with E-state index in [0.717, 1.165) is 12.1 Å². The van der Waals surface area contributed by atoms with Crippen molar-refractivity contribution in [1.82, 2.24) is 0 Å². The first-order chi connectivity index (χ1) is 25.1. The minimum Gasteiger partial charge on any atom is -0.508 e. The molecule has 0 radical (unpaired) electrons. The van der Waals surface area contributed by atoms with Gasteiger partial charge < -0.3 is 94.1 Å². The van der Waals surface area contributed by atoms with Crippen molar-refractivity contribution in [1.29, 1.82) is 0 Å². The highest BCUT2D eigenvalue weighted by Crippen LogP contribution is 2.39. The van der Waals surface area contributed by atoms with Gasteiger partial charge in [0.1, 0.15) is 95.4 Å². The van der Waals surface area contributed by atoms with Crippen LogP contribution in [-0.2, 0) is 18.9 Å². The van der Waals surface area contributed by atoms with Crippen LogP contribution in [0.4, 0.5) is 0 Å². The highest BCUT2D eigenvalue weighted by atomic mass is 16.7. The average Bonchev–Trinajstić information content (AvgIpc) is 3.13. The van der Waals surface area contributed by atoms with Gasteiger partial charge >= 0.3 is 0 Å². The van der Waals surface area contributed by atoms with Gasteiger partial charge in [0.15, 0.2) is 12.1 Å². The van der Waals surface area contributed by atoms with Crippen molar-refractivity contribution in [3.05, 3.63) is 46.6 Å². The minimum atomic E-state index is -2.03. The summed E-state index contributed by atoms with van der Waals surface area (Å²) in [5.41, 5.74) is -1.26. The Morgan fingerprint density at radius 2 is 1.25 bits per heavy atom. The molecule has 3 aromatic rings. The topological polar surface area (TPSA) is 328 Å². The van der Waals surface area contributed by atoms with E-state index in [1.54, 1.807) is 0 Å². The summed E-state index contributed by atoms with van der Waals surface area (Å²) in [6.45, 7) is -0.219. The molecule has 1 aromatic heterocycles. The molecule has 292 valence electrons. The van der Waals surface area contributed by atoms with E-state index in [2.05, 4.69) is 0 Å². The maximum absolute atomic E-state index is 14.0. The third kappa shape index (κ3) is 7.39. The molecule has 20 nitrogen and oxygen atoms in total. The molecule has 12 N–H and O–H groups in total. The fourth-order valence-corrected chi connectivity index (χ4v) is 6.25. The van der Waals surface area contributed by atoms with Crippen LogP contribution in [-0.4, -0.2) is 167 Å². The predicted octanol–water partition coefficient (Wildman–Crippen LogP) is -3.92. The number of benzene rings is 2. The van der Waals surface area contributed by atoms with E-state index in [9.17, 15) is 66.1 Å². The smallest absolute Gasteiger partial charge is 0.239 e. The van der Waals surface area contributed by atoms with Crippen LogP contribution in [0.5, 0.6) is 23.0 Å². The summed E-state index contributed by atoms with van der Waals surface area (Å²) in [6.07, 6.45) is -24.9. The summed E-state index contributed by atoms with van der Waals surface area (Å²) < 4.78 is 39.4. The first-order valence-electron chi connectivity index (χ1n) is 16.4. The molecule has 2 aromatic carbocycles. The number of aliphatic hydroxyl groups excluding tert-OH is 10. The Hall–Kier alpha value is -3.71. The number of ether oxygens (including phenoxy) is 6. The Bertz CT molecular complexity index is 1780. The van der Waals surface area contributed by atoms with Gasteiger partial charge in [-0.15, -0.1) is 0 Å². The van der Waals surface area contributed by atoms with Crippen molar-refractivity contribution < 1.29 is 94.1 Å². The van der Waals surface area contributed by atoms with Crippen molar-refractivity contribution in [3.63, 3.8) is 0 Å². The van der Waals surface area contributed by atoms with Crippen molar-refractivity contribution in [2.45, 2.75) is 99.0 Å². The summed E-state index contributed by atoms with van der Waals surface area (Å²) >= 11 is 0. The van der Waals surface area contributed by atoms with Crippen LogP contribution < -0.4 is 14.9 Å². The zero-order chi connectivity index (χ0) is 38.5. The van der Waals surface area contributed by atoms with Gasteiger partial charge in [-0.25, -0.2) is 0 Å². The SMILES string of the molecule is C[C@H]1O[C@@H](O[C@H]2[C@H](O)[C@@H](O)[C@H](Oc3c(-c4ccc(O)cc4)oc4cc(O[C@@H]5O[C@H](CO)[C@@H](O)[C@@H](O)[C@H]5O)cc(O)c4c3=O)O[C@@H]2CO)[C@H](O)[C@H](O)[C@H]1O. The molecule has 0 unspecified atom stereocenters. The van der Waals surface area contributed by atoms with Crippen LogP contribution in [0.1, 0.15) is 6.92 Å². The van der Waals surface area contributed by atoms with Gasteiger partial charge in [0.2, 0.25) is 23.8 Å². The zero-order valence-electron chi connectivity index (χ0n) is 27.7. The normalized spacial score (nSPS) is 37.8. The van der Waals surface area contributed by atoms with Gasteiger partial charge in [-0.1, -0.05) is 0 Å². The van der Waals surface area contributed by atoms with E-state index < -0.39 is 128 Å². The molecule has 3 fully saturated rings. The Morgan fingerprint density at radius 1 is 0.660 bits per heavy atom. The Balaban J connectivity index is 1.33. The quantitative estimate of drug-likeness (QED) is 0.0992. The van der Waals surface area contributed by atoms with E-state index >= 15 is 0 Å². The summed E-state index contributed by atoms with van der Waals surface area (Å²) in [7, 11) is 0. The number of aromatic hydroxyl groups is 2. The second kappa shape index (κ2) is 15.6. The van der Waals surface area contributed by atoms with Crippen LogP contribution in [0.2, 0.25) is 0 Å². The molecule has 0 saturated carbocycles. The second-order valence-corrected chi connectivity index (χ2v) is 12.9. The predicted molar refractivity (Wildman–Crippen MR) is 171 cm³/mol. The van der Waals surface area contributed by atoms with Crippen molar-refractivity contribution >= 4 is 11.0 Å². The average molecular weight is 757 g/mol. The summed E-state index contributed by atoms with van der Waals surface area (Å²) in [5.74, 6) is -2.21. The molecule has 15 atom stereocenters. The van der Waals surface area contributed by atoms with Gasteiger partial charge in [0, 0.05) is 17.7 Å². The Kier molecular flexibility index (Phi) is 11.5. The lowest BCUT2D eigenvalue weighted by atomic mass is 9.97. The first-order valence-corrected chi connectivity index (χ1v) is 16.4. The molecule has 0 aliphatic carbocycles. The highest BCUT2D eigenvalue weighted by Gasteiger charge is 2.51. The van der Waals surface area contributed by atoms with E-state index in [0.29, 0.717) is 0 Å². The maximum atomic E-state index is 14.0. The number of hydrogen-bond donors (Lipinski definition) is 12. The molecule has 20 heteroatoms. The molecule has 53 heavy (non-hydrogen) atoms. The van der Waals surface area contributed by atoms with Crippen LogP contribution in [0.15, 0.2) is 45.6 Å². The molecular weight excluding hydrogens is 716 g/mol. The largest absolute Gasteiger partial charge is 0.508 e. The van der Waals surface area contributed by atoms with Crippen LogP contribution >= 0.6 is 0 Å². The lowest BCUT2D eigenvalue weighted by Crippen LogP contribution is -2.64. The number of rotatable bonds is 9. The Morgan fingerprint density at radius 3 is 1.91 bits per heavy atom. The Labute approximate surface area is 298 Å². The van der Waals surface area contributed by atoms with E-state index in [1.807, 2.05) is 0 Å². The third-order valence-corrected chi connectivity index (χ3v) is 9.29. The number of phenolic OH excluding ortho intramolecular Hbond substituents is 2. The van der Waals surface area contributed by atoms with E-state index in [-0.39, 0.29) is 28.4 Å². The van der Waals surface area contributed by atoms with E-state index in [4.69, 9.17) is 32.8 Å². The summed E-state index contributed by atoms with van der Waals surface area (Å²) in [5, 5.41) is 123. The van der Waals surface area contributed by atoms with Crippen LogP contribution in [0, 0.1) is 0 Å². The molecule has 0 bridgehead atoms. The molecule has 0 spiro atoms. The molecule has 0 amide bonds. The molecule has 3 aliphatic heterocycles. The number of aliphatic hydroxyl groups is 10. The second-order valence-electron chi connectivity index (χ2n) is 12.9. The molecular formula is C33H40O20. The first kappa shape index (κ1) is 39.0. The number of fused-ring (bicyclic) bond motifs is 1. The molecule has 3 aliphatic rings. The fraction of sp³-hybridized carbons (Fsp3) is 0.545. The van der Waals surface area contributed by atoms with Gasteiger partial charge in [-0.3, -0.25) is 4.79 Å². The highest BCUT2D eigenvalue weighted by molar-refractivity contribution is 5.88. The van der Waals surface area contributed by atoms with Crippen molar-refractivity contribution in [2.75, 3.05) is 13.2 Å². The molecule has 3 saturated heterocycles. The zero-order valence-corrected chi connectivity index (χ0v) is 27.7. The molecule has 4 heterocycles. The van der Waals surface area contributed by atoms with Crippen LogP contribution in [0.3, 0.4) is 0 Å². The molecule has 6 rings (SSSR count). The van der Waals surface area contributed by atoms with Crippen molar-refractivity contribution in [2.24, 2.45) is 0 Å². The van der Waals surface area contributed by atoms with Gasteiger partial charge in [-0.05, 0) is 31.2 Å². The van der Waals surface area contributed by atoms with Gasteiger partial charge in [0.25, 0.3) is 0 Å². The maximum Gasteiger partial charge on any atom is 0.239 e. The van der Waals surface area contributed by atoms with Crippen LogP contribution in [0.25, 0.3) is 22.3 Å². The number of phenols is 2. The van der Waals surface area contributed by atoms with Gasteiger partial charge in [0.05, 0.1) is 19.3 Å².